The van der Waals surface area contributed by atoms with Gasteiger partial charge in [0.15, 0.2) is 12.3 Å². The third-order valence-corrected chi connectivity index (χ3v) is 13.0. The molecule has 0 amide bonds. The van der Waals surface area contributed by atoms with Crippen LogP contribution < -0.4 is 11.4 Å². The molecule has 20 nitrogen and oxygen atoms in total. The summed E-state index contributed by atoms with van der Waals surface area (Å²) in [5.74, 6) is -0.957. The minimum Gasteiger partial charge on any atom is -0.462 e. The molecule has 1 aromatic heterocycles. The highest BCUT2D eigenvalue weighted by molar-refractivity contribution is 7.61. The molecule has 66 heavy (non-hydrogen) atoms. The highest BCUT2D eigenvalue weighted by Gasteiger charge is 2.46. The van der Waals surface area contributed by atoms with E-state index >= 15 is 0 Å². The molecule has 0 aromatic carbocycles. The van der Waals surface area contributed by atoms with E-state index in [9.17, 15) is 53.7 Å². The smallest absolute Gasteiger partial charge is 0.462 e. The van der Waals surface area contributed by atoms with Crippen LogP contribution in [0, 0.1) is 5.92 Å². The maximum Gasteiger partial charge on any atom is 0.481 e. The van der Waals surface area contributed by atoms with Crippen molar-refractivity contribution in [1.82, 2.24) is 9.55 Å². The Kier molecular flexibility index (Phi) is 29.2. The highest BCUT2D eigenvalue weighted by atomic mass is 31.3. The number of phosphoric ester groups is 2. The SMILES string of the molecule is CCCCC/C=C\C/C=C\C/C=C\CC(O)C(O)CCCC(=O)O[C@H](COC(=O)CCCCCCCCC(C)C)COP(=O)(O)OP(=O)(O)OC[C@H]1O[C@@H](n2ccc(N)nc2=O)[C@H](O)[C@@H]1O. The summed E-state index contributed by atoms with van der Waals surface area (Å²) in [5, 5.41) is 41.7. The van der Waals surface area contributed by atoms with Crippen LogP contribution in [0.5, 0.6) is 0 Å². The number of carbonyl (C=O) groups is 2. The molecular weight excluding hydrogens is 904 g/mol. The maximum atomic E-state index is 12.8. The van der Waals surface area contributed by atoms with Crippen LogP contribution in [0.2, 0.25) is 0 Å². The quantitative estimate of drug-likeness (QED) is 0.0169. The van der Waals surface area contributed by atoms with Crippen LogP contribution in [-0.4, -0.2) is 108 Å². The summed E-state index contributed by atoms with van der Waals surface area (Å²) in [5.41, 5.74) is 4.55. The molecule has 0 spiro atoms. The van der Waals surface area contributed by atoms with Gasteiger partial charge in [0.2, 0.25) is 0 Å². The van der Waals surface area contributed by atoms with Gasteiger partial charge >= 0.3 is 33.3 Å². The molecule has 2 heterocycles. The third-order valence-electron chi connectivity index (χ3n) is 10.4. The van der Waals surface area contributed by atoms with Crippen molar-refractivity contribution in [1.29, 1.82) is 0 Å². The lowest BCUT2D eigenvalue weighted by Crippen LogP contribution is -2.36. The standard InChI is InChI=1S/C44H75N3O17P2/c1-4-5-6-7-8-9-10-11-12-13-17-20-24-35(48)36(49)25-22-27-40(51)62-34(30-59-39(50)26-21-18-15-14-16-19-23-33(2)3)31-60-65(55,56)64-66(57,58)61-32-37-41(52)42(53)43(63-37)47-29-28-38(45)46-44(47)54/h8-9,11-12,17,20,28-29,33-37,41-43,48-49,52-53H,4-7,10,13-16,18-19,21-27,30-32H2,1-3H3,(H,55,56)(H,57,58)(H2,45,46,54)/b9-8-,12-11-,20-17-/t34-,35?,36?,37-,41-,42-,43-/m1/s1. The first kappa shape index (κ1) is 59.0. The molecule has 9 atom stereocenters. The van der Waals surface area contributed by atoms with Crippen LogP contribution in [0.15, 0.2) is 53.5 Å². The topological polar surface area (TPSA) is 306 Å². The summed E-state index contributed by atoms with van der Waals surface area (Å²) >= 11 is 0. The van der Waals surface area contributed by atoms with Gasteiger partial charge in [0.1, 0.15) is 30.7 Å². The van der Waals surface area contributed by atoms with Crippen molar-refractivity contribution < 1.29 is 76.5 Å². The Balaban J connectivity index is 1.90. The number of nitrogens with two attached hydrogens (primary N) is 1. The Morgan fingerprint density at radius 2 is 1.45 bits per heavy atom. The fourth-order valence-corrected chi connectivity index (χ4v) is 8.71. The molecule has 1 aliphatic rings. The lowest BCUT2D eigenvalue weighted by Gasteiger charge is -2.22. The molecule has 2 rings (SSSR count). The lowest BCUT2D eigenvalue weighted by molar-refractivity contribution is -0.161. The van der Waals surface area contributed by atoms with Crippen LogP contribution in [0.3, 0.4) is 0 Å². The summed E-state index contributed by atoms with van der Waals surface area (Å²) < 4.78 is 56.3. The van der Waals surface area contributed by atoms with E-state index in [-0.39, 0.29) is 37.9 Å². The number of allylic oxidation sites excluding steroid dienone is 5. The number of aromatic nitrogens is 2. The molecule has 22 heteroatoms. The van der Waals surface area contributed by atoms with Crippen LogP contribution in [-0.2, 0) is 46.3 Å². The van der Waals surface area contributed by atoms with E-state index < -0.39 is 95.9 Å². The molecule has 0 saturated carbocycles. The van der Waals surface area contributed by atoms with Gasteiger partial charge in [-0.05, 0) is 63.4 Å². The monoisotopic (exact) mass is 979 g/mol. The zero-order valence-electron chi connectivity index (χ0n) is 38.6. The number of rotatable bonds is 36. The second-order valence-electron chi connectivity index (χ2n) is 16.7. The average molecular weight is 980 g/mol. The first-order valence-corrected chi connectivity index (χ1v) is 26.0. The molecular formula is C44H75N3O17P2. The number of ether oxygens (including phenoxy) is 3. The van der Waals surface area contributed by atoms with Crippen molar-refractivity contribution >= 4 is 33.4 Å². The second kappa shape index (κ2) is 32.6. The lowest BCUT2D eigenvalue weighted by atomic mass is 10.0. The molecule has 1 aromatic rings. The number of unbranched alkanes of at least 4 members (excludes halogenated alkanes) is 8. The van der Waals surface area contributed by atoms with Gasteiger partial charge in [-0.3, -0.25) is 23.2 Å². The predicted molar refractivity (Wildman–Crippen MR) is 245 cm³/mol. The normalized spacial score (nSPS) is 21.1. The molecule has 1 aliphatic heterocycles. The summed E-state index contributed by atoms with van der Waals surface area (Å²) in [6, 6.07) is 1.23. The fraction of sp³-hybridized carbons (Fsp3) is 0.727. The summed E-state index contributed by atoms with van der Waals surface area (Å²) in [4.78, 5) is 61.6. The van der Waals surface area contributed by atoms with Gasteiger partial charge in [-0.25, -0.2) is 13.9 Å². The fourth-order valence-electron chi connectivity index (χ4n) is 6.60. The molecule has 0 aliphatic carbocycles. The van der Waals surface area contributed by atoms with E-state index in [1.54, 1.807) is 6.08 Å². The van der Waals surface area contributed by atoms with Crippen LogP contribution in [0.4, 0.5) is 5.82 Å². The van der Waals surface area contributed by atoms with Crippen LogP contribution in [0.25, 0.3) is 0 Å². The van der Waals surface area contributed by atoms with E-state index in [0.717, 1.165) is 62.1 Å². The number of aliphatic hydroxyl groups excluding tert-OH is 4. The number of hydrogen-bond donors (Lipinski definition) is 7. The summed E-state index contributed by atoms with van der Waals surface area (Å²) in [7, 11) is -11.0. The number of nitrogens with zero attached hydrogens (tertiary/aromatic N) is 2. The van der Waals surface area contributed by atoms with Crippen LogP contribution >= 0.6 is 15.6 Å². The van der Waals surface area contributed by atoms with Gasteiger partial charge < -0.3 is 50.2 Å². The largest absolute Gasteiger partial charge is 0.481 e. The van der Waals surface area contributed by atoms with Gasteiger partial charge in [0.05, 0.1) is 25.4 Å². The molecule has 0 bridgehead atoms. The van der Waals surface area contributed by atoms with Crippen molar-refractivity contribution in [3.8, 4) is 0 Å². The van der Waals surface area contributed by atoms with Gasteiger partial charge in [-0.2, -0.15) is 9.29 Å². The Morgan fingerprint density at radius 1 is 0.818 bits per heavy atom. The van der Waals surface area contributed by atoms with E-state index in [4.69, 9.17) is 29.0 Å². The maximum absolute atomic E-state index is 12.8. The number of phosphoric acid groups is 2. The van der Waals surface area contributed by atoms with Crippen molar-refractivity contribution in [3.63, 3.8) is 0 Å². The predicted octanol–water partition coefficient (Wildman–Crippen LogP) is 6.24. The van der Waals surface area contributed by atoms with Crippen molar-refractivity contribution in [2.45, 2.75) is 179 Å². The number of hydrogen-bond acceptors (Lipinski definition) is 17. The van der Waals surface area contributed by atoms with E-state index in [1.807, 2.05) is 12.2 Å². The van der Waals surface area contributed by atoms with Gasteiger partial charge in [0, 0.05) is 19.0 Å². The number of aliphatic hydroxyl groups is 4. The first-order chi connectivity index (χ1) is 31.3. The molecule has 4 unspecified atom stereocenters. The van der Waals surface area contributed by atoms with E-state index in [1.165, 1.54) is 25.3 Å². The minimum atomic E-state index is -5.49. The number of carbonyl (C=O) groups excluding carboxylic acids is 2. The number of anilines is 1. The van der Waals surface area contributed by atoms with Gasteiger partial charge in [0.25, 0.3) is 0 Å². The minimum absolute atomic E-state index is 0.0353. The van der Waals surface area contributed by atoms with Gasteiger partial charge in [-0.1, -0.05) is 109 Å². The summed E-state index contributed by atoms with van der Waals surface area (Å²) in [6.45, 7) is 3.98. The zero-order chi connectivity index (χ0) is 49.0. The van der Waals surface area contributed by atoms with Crippen molar-refractivity contribution in [2.75, 3.05) is 25.6 Å². The zero-order valence-corrected chi connectivity index (χ0v) is 40.4. The number of esters is 2. The summed E-state index contributed by atoms with van der Waals surface area (Å²) in [6.07, 6.45) is 16.0. The Morgan fingerprint density at radius 3 is 2.14 bits per heavy atom. The molecule has 0 radical (unpaired) electrons. The van der Waals surface area contributed by atoms with Crippen molar-refractivity contribution in [2.24, 2.45) is 5.92 Å². The Hall–Kier alpha value is -3.10. The molecule has 1 fully saturated rings. The highest BCUT2D eigenvalue weighted by Crippen LogP contribution is 2.60. The third kappa shape index (κ3) is 25.9. The molecule has 8 N–H and O–H groups in total. The van der Waals surface area contributed by atoms with Gasteiger partial charge in [-0.15, -0.1) is 0 Å². The second-order valence-corrected chi connectivity index (χ2v) is 19.7. The molecule has 1 saturated heterocycles. The first-order valence-electron chi connectivity index (χ1n) is 23.0. The van der Waals surface area contributed by atoms with E-state index in [0.29, 0.717) is 18.8 Å². The van der Waals surface area contributed by atoms with Crippen LogP contribution in [0.1, 0.15) is 143 Å². The van der Waals surface area contributed by atoms with E-state index in [2.05, 4.69) is 48.3 Å². The Labute approximate surface area is 388 Å². The average Bonchev–Trinajstić information content (AvgIpc) is 3.53. The van der Waals surface area contributed by atoms with Crippen molar-refractivity contribution in [3.05, 3.63) is 59.2 Å². The number of nitrogen functional groups attached to an aromatic ring is 1. The molecule has 378 valence electrons. The Bertz CT molecular complexity index is 1790.